The lowest BCUT2D eigenvalue weighted by atomic mass is 9.72. The van der Waals surface area contributed by atoms with E-state index in [2.05, 4.69) is 137 Å². The van der Waals surface area contributed by atoms with E-state index in [9.17, 15) is 0 Å². The zero-order valence-electron chi connectivity index (χ0n) is 21.2. The molecule has 34 heavy (non-hydrogen) atoms. The molecule has 0 amide bonds. The Morgan fingerprint density at radius 3 is 1.71 bits per heavy atom. The summed E-state index contributed by atoms with van der Waals surface area (Å²) in [5.41, 5.74) is 4.70. The molecule has 3 aromatic rings. The molecule has 0 nitrogen and oxygen atoms in total. The first-order valence-corrected chi connectivity index (χ1v) is 14.5. The van der Waals surface area contributed by atoms with Gasteiger partial charge >= 0.3 is 0 Å². The van der Waals surface area contributed by atoms with E-state index in [4.69, 9.17) is 0 Å². The lowest BCUT2D eigenvalue weighted by Gasteiger charge is -2.33. The molecule has 4 rings (SSSR count). The molecule has 0 bridgehead atoms. The molecule has 3 aromatic carbocycles. The zero-order chi connectivity index (χ0) is 24.0. The summed E-state index contributed by atoms with van der Waals surface area (Å²) < 4.78 is 0. The van der Waals surface area contributed by atoms with Gasteiger partial charge in [-0.25, -0.2) is 0 Å². The van der Waals surface area contributed by atoms with Crippen molar-refractivity contribution in [3.8, 4) is 0 Å². The molecule has 0 unspecified atom stereocenters. The van der Waals surface area contributed by atoms with Crippen LogP contribution in [-0.2, 0) is 0 Å². The lowest BCUT2D eigenvalue weighted by molar-refractivity contribution is 0.377. The minimum atomic E-state index is -1.82. The van der Waals surface area contributed by atoms with Gasteiger partial charge in [0, 0.05) is 0 Å². The number of hydrogen-bond acceptors (Lipinski definition) is 0. The summed E-state index contributed by atoms with van der Waals surface area (Å²) in [5, 5.41) is 4.31. The molecule has 0 saturated carbocycles. The minimum Gasteiger partial charge on any atom is -0.0696 e. The fourth-order valence-corrected chi connectivity index (χ4v) is 9.52. The lowest BCUT2D eigenvalue weighted by Crippen LogP contribution is -2.33. The molecular weight excluding hydrogens is 427 g/mol. The van der Waals surface area contributed by atoms with Crippen molar-refractivity contribution in [1.82, 2.24) is 0 Å². The maximum Gasteiger partial charge on any atom is 0.115 e. The maximum atomic E-state index is 2.48. The predicted octanol–water partition coefficient (Wildman–Crippen LogP) is 8.01. The van der Waals surface area contributed by atoms with Crippen molar-refractivity contribution in [3.05, 3.63) is 126 Å². The van der Waals surface area contributed by atoms with E-state index >= 15 is 0 Å². The summed E-state index contributed by atoms with van der Waals surface area (Å²) in [6, 6.07) is 33.4. The fraction of sp³-hybridized carbons (Fsp3) is 0.273. The molecule has 1 heteroatoms. The van der Waals surface area contributed by atoms with Crippen molar-refractivity contribution in [3.63, 3.8) is 0 Å². The van der Waals surface area contributed by atoms with Crippen molar-refractivity contribution in [1.29, 1.82) is 0 Å². The Morgan fingerprint density at radius 1 is 0.794 bits per heavy atom. The number of hydrogen-bond donors (Lipinski definition) is 0. The van der Waals surface area contributed by atoms with Gasteiger partial charge in [-0.2, -0.15) is 0 Å². The van der Waals surface area contributed by atoms with E-state index in [1.807, 2.05) is 0 Å². The summed E-state index contributed by atoms with van der Waals surface area (Å²) in [6.07, 6.45) is 12.1. The zero-order valence-corrected chi connectivity index (χ0v) is 22.1. The Hall–Kier alpha value is -2.69. The van der Waals surface area contributed by atoms with Crippen LogP contribution >= 0.6 is 7.26 Å². The molecule has 0 fully saturated rings. The van der Waals surface area contributed by atoms with E-state index < -0.39 is 7.26 Å². The molecule has 0 N–H and O–H groups in total. The molecule has 1 aliphatic rings. The van der Waals surface area contributed by atoms with Crippen molar-refractivity contribution in [2.24, 2.45) is 5.41 Å². The molecule has 1 aliphatic carbocycles. The number of benzene rings is 3. The van der Waals surface area contributed by atoms with Crippen LogP contribution in [0.4, 0.5) is 0 Å². The Morgan fingerprint density at radius 2 is 1.26 bits per heavy atom. The van der Waals surface area contributed by atoms with Gasteiger partial charge in [0.1, 0.15) is 23.2 Å². The number of allylic oxidation sites excluding steroid dienone is 6. The summed E-state index contributed by atoms with van der Waals surface area (Å²) >= 11 is 0. The SMILES string of the molecule is CC1=C(/C=C/C(C)=C/C[P+](c2ccccc2)(c2ccccc2)c2ccccc2)C(C)(C)CCC1. The fourth-order valence-electron chi connectivity index (χ4n) is 5.38. The Balaban J connectivity index is 1.77. The average Bonchev–Trinajstić information content (AvgIpc) is 2.86. The second-order valence-corrected chi connectivity index (χ2v) is 13.7. The van der Waals surface area contributed by atoms with Gasteiger partial charge in [-0.15, -0.1) is 0 Å². The van der Waals surface area contributed by atoms with Crippen molar-refractivity contribution in [2.45, 2.75) is 47.0 Å². The van der Waals surface area contributed by atoms with Gasteiger partial charge in [-0.05, 0) is 86.6 Å². The highest BCUT2D eigenvalue weighted by Gasteiger charge is 2.44. The average molecular weight is 466 g/mol. The van der Waals surface area contributed by atoms with Crippen molar-refractivity contribution >= 4 is 23.2 Å². The van der Waals surface area contributed by atoms with Crippen molar-refractivity contribution < 1.29 is 0 Å². The van der Waals surface area contributed by atoms with Gasteiger partial charge in [0.2, 0.25) is 0 Å². The molecular formula is C33H38P+. The van der Waals surface area contributed by atoms with E-state index in [1.165, 1.54) is 46.3 Å². The predicted molar refractivity (Wildman–Crippen MR) is 153 cm³/mol. The monoisotopic (exact) mass is 465 g/mol. The molecule has 0 aliphatic heterocycles. The summed E-state index contributed by atoms with van der Waals surface area (Å²) in [4.78, 5) is 0. The smallest absolute Gasteiger partial charge is 0.0696 e. The summed E-state index contributed by atoms with van der Waals surface area (Å²) in [5.74, 6) is 0. The van der Waals surface area contributed by atoms with Gasteiger partial charge in [-0.3, -0.25) is 0 Å². The first kappa shape index (κ1) is 24.4. The Bertz CT molecular complexity index is 1070. The highest BCUT2D eigenvalue weighted by atomic mass is 31.2. The highest BCUT2D eigenvalue weighted by Crippen LogP contribution is 2.55. The van der Waals surface area contributed by atoms with E-state index in [0.717, 1.165) is 6.16 Å². The molecule has 0 heterocycles. The topological polar surface area (TPSA) is 0 Å². The van der Waals surface area contributed by atoms with Gasteiger partial charge in [0.15, 0.2) is 0 Å². The van der Waals surface area contributed by atoms with E-state index in [1.54, 1.807) is 5.57 Å². The largest absolute Gasteiger partial charge is 0.115 e. The van der Waals surface area contributed by atoms with Crippen LogP contribution < -0.4 is 15.9 Å². The van der Waals surface area contributed by atoms with E-state index in [-0.39, 0.29) is 5.41 Å². The third-order valence-corrected chi connectivity index (χ3v) is 11.6. The second-order valence-electron chi connectivity index (χ2n) is 10.2. The standard InChI is InChI=1S/C33H38P/c1-27(22-23-32-28(2)15-14-25-33(32,3)4)24-26-34(29-16-8-5-9-17-29,30-18-10-6-11-19-30)31-20-12-7-13-21-31/h5-13,16-24H,14-15,25-26H2,1-4H3/q+1/b23-22+,27-24+. The maximum absolute atomic E-state index is 2.48. The van der Waals surface area contributed by atoms with Crippen LogP contribution in [0.15, 0.2) is 126 Å². The van der Waals surface area contributed by atoms with Gasteiger partial charge in [-0.1, -0.05) is 91.7 Å². The quantitative estimate of drug-likeness (QED) is 0.245. The first-order chi connectivity index (χ1) is 16.4. The van der Waals surface area contributed by atoms with Crippen LogP contribution in [0.25, 0.3) is 0 Å². The number of rotatable bonds is 7. The first-order valence-electron chi connectivity index (χ1n) is 12.5. The summed E-state index contributed by atoms with van der Waals surface area (Å²) in [7, 11) is -1.82. The van der Waals surface area contributed by atoms with Crippen LogP contribution in [0.2, 0.25) is 0 Å². The Kier molecular flexibility index (Phi) is 7.70. The Labute approximate surface area is 207 Å². The summed E-state index contributed by atoms with van der Waals surface area (Å²) in [6.45, 7) is 9.37. The van der Waals surface area contributed by atoms with Gasteiger partial charge < -0.3 is 0 Å². The molecule has 0 aromatic heterocycles. The second kappa shape index (κ2) is 10.7. The van der Waals surface area contributed by atoms with Crippen LogP contribution in [0.5, 0.6) is 0 Å². The van der Waals surface area contributed by atoms with Gasteiger partial charge in [0.25, 0.3) is 0 Å². The van der Waals surface area contributed by atoms with Crippen LogP contribution in [-0.4, -0.2) is 6.16 Å². The van der Waals surface area contributed by atoms with Crippen molar-refractivity contribution in [2.75, 3.05) is 6.16 Å². The van der Waals surface area contributed by atoms with Gasteiger partial charge in [0.05, 0.1) is 6.16 Å². The molecule has 0 spiro atoms. The van der Waals surface area contributed by atoms with Crippen LogP contribution in [0.1, 0.15) is 47.0 Å². The molecule has 0 atom stereocenters. The third kappa shape index (κ3) is 5.18. The highest BCUT2D eigenvalue weighted by molar-refractivity contribution is 7.95. The van der Waals surface area contributed by atoms with Crippen LogP contribution in [0.3, 0.4) is 0 Å². The van der Waals surface area contributed by atoms with Crippen LogP contribution in [0, 0.1) is 5.41 Å². The minimum absolute atomic E-state index is 0.272. The normalized spacial score (nSPS) is 16.8. The molecule has 174 valence electrons. The third-order valence-electron chi connectivity index (χ3n) is 7.33. The van der Waals surface area contributed by atoms with E-state index in [0.29, 0.717) is 0 Å². The molecule has 0 radical (unpaired) electrons. The molecule has 0 saturated heterocycles.